The van der Waals surface area contributed by atoms with Crippen molar-refractivity contribution in [1.82, 2.24) is 74.0 Å². The number of hydrogen-bond acceptors (Lipinski definition) is 16. The van der Waals surface area contributed by atoms with Crippen molar-refractivity contribution in [3.05, 3.63) is 156 Å². The van der Waals surface area contributed by atoms with Gasteiger partial charge in [0.2, 0.25) is 70.9 Å². The molecule has 2 aliphatic rings. The highest BCUT2D eigenvalue weighted by Gasteiger charge is 2.37. The third kappa shape index (κ3) is 26.0. The van der Waals surface area contributed by atoms with Gasteiger partial charge in [-0.3, -0.25) is 62.9 Å². The number of nitrogens with zero attached hydrogens (tertiary/aromatic N) is 1. The Morgan fingerprint density at radius 2 is 0.759 bits per heavy atom. The first-order valence-corrected chi connectivity index (χ1v) is 35.9. The molecule has 0 radical (unpaired) electrons. The minimum atomic E-state index is -1.38. The SMILES string of the molecule is CN1C(=O)[C@@H](Cc2ccc(O)cc2)NC(=O)CNC(=O)[C@H](Cc2ccc3ccccc3c2)NC(=O)[C@H](CCCNC(N)=O)NC(=O)[C@H]1CCCNC(=O)CCCC(=O)NCCC[C@@H]1NC(=O)[C@@H](Cc2ccc(O)cc2)NC(=O)CNC(=O)[C@H](Cc2ccc3ccccc3c2)NC(=O)[C@H](CCCNC(=N)N)NC1=O. The van der Waals surface area contributed by atoms with Crippen LogP contribution in [0.4, 0.5) is 4.79 Å². The highest BCUT2D eigenvalue weighted by molar-refractivity contribution is 5.99. The van der Waals surface area contributed by atoms with Crippen molar-refractivity contribution >= 4 is 104 Å². The van der Waals surface area contributed by atoms with E-state index in [-0.39, 0.29) is 140 Å². The molecule has 8 rings (SSSR count). The van der Waals surface area contributed by atoms with Gasteiger partial charge in [0.25, 0.3) is 0 Å². The van der Waals surface area contributed by atoms with Crippen LogP contribution < -0.4 is 80.6 Å². The van der Waals surface area contributed by atoms with Gasteiger partial charge in [-0.15, -0.1) is 0 Å². The predicted octanol–water partition coefficient (Wildman–Crippen LogP) is -0.170. The number of aromatic hydroxyl groups is 2. The summed E-state index contributed by atoms with van der Waals surface area (Å²) < 4.78 is 0. The molecule has 2 saturated heterocycles. The number of hydrogen-bond donors (Lipinski definition) is 18. The van der Waals surface area contributed by atoms with Crippen molar-refractivity contribution in [3.63, 3.8) is 0 Å². The molecule has 0 saturated carbocycles. The van der Waals surface area contributed by atoms with E-state index in [4.69, 9.17) is 16.9 Å². The fourth-order valence-corrected chi connectivity index (χ4v) is 12.6. The zero-order chi connectivity index (χ0) is 77.7. The number of likely N-dealkylation sites (N-methyl/N-ethyl adjacent to an activating group) is 1. The number of carbonyl (C=O) groups excluding carboxylic acids is 13. The second-order valence-electron chi connectivity index (χ2n) is 26.7. The van der Waals surface area contributed by atoms with Gasteiger partial charge in [0.05, 0.1) is 13.1 Å². The van der Waals surface area contributed by atoms with Crippen LogP contribution in [0.3, 0.4) is 0 Å². The molecule has 2 fully saturated rings. The van der Waals surface area contributed by atoms with E-state index >= 15 is 0 Å². The Balaban J connectivity index is 0.909. The molecule has 14 amide bonds. The number of phenols is 2. The van der Waals surface area contributed by atoms with Crippen molar-refractivity contribution in [2.24, 2.45) is 11.5 Å². The number of carbonyl (C=O) groups is 13. The molecule has 6 aromatic rings. The van der Waals surface area contributed by atoms with Crippen molar-refractivity contribution in [2.45, 2.75) is 145 Å². The maximum absolute atomic E-state index is 14.7. The number of nitrogens with two attached hydrogens (primary N) is 2. The fourth-order valence-electron chi connectivity index (χ4n) is 12.6. The van der Waals surface area contributed by atoms with Gasteiger partial charge in [0.15, 0.2) is 5.96 Å². The summed E-state index contributed by atoms with van der Waals surface area (Å²) >= 11 is 0. The van der Waals surface area contributed by atoms with Crippen LogP contribution in [0.1, 0.15) is 92.9 Å². The van der Waals surface area contributed by atoms with Crippen molar-refractivity contribution in [2.75, 3.05) is 46.3 Å². The Morgan fingerprint density at radius 1 is 0.407 bits per heavy atom. The predicted molar refractivity (Wildman–Crippen MR) is 399 cm³/mol. The van der Waals surface area contributed by atoms with E-state index in [1.54, 1.807) is 36.4 Å². The number of fused-ring (bicyclic) bond motifs is 2. The van der Waals surface area contributed by atoms with Crippen LogP contribution in [-0.2, 0) is 83.2 Å². The third-order valence-corrected chi connectivity index (χ3v) is 18.4. The van der Waals surface area contributed by atoms with Gasteiger partial charge in [-0.1, -0.05) is 109 Å². The molecule has 2 aliphatic heterocycles. The summed E-state index contributed by atoms with van der Waals surface area (Å²) in [5, 5.41) is 66.2. The second-order valence-corrected chi connectivity index (χ2v) is 26.7. The molecule has 6 aromatic carbocycles. The average Bonchev–Trinajstić information content (AvgIpc) is 0.893. The van der Waals surface area contributed by atoms with Crippen LogP contribution in [-0.4, -0.2) is 193 Å². The van der Waals surface area contributed by atoms with Crippen LogP contribution >= 0.6 is 0 Å². The molecule has 0 aromatic heterocycles. The summed E-state index contributed by atoms with van der Waals surface area (Å²) in [6.45, 7) is -1.14. The lowest BCUT2D eigenvalue weighted by molar-refractivity contribution is -0.142. The molecule has 2 heterocycles. The molecular formula is C76H95N17O15. The molecule has 0 unspecified atom stereocenters. The second kappa shape index (κ2) is 40.8. The molecule has 20 N–H and O–H groups in total. The smallest absolute Gasteiger partial charge is 0.312 e. The summed E-state index contributed by atoms with van der Waals surface area (Å²) in [6, 6.07) is 26.5. The summed E-state index contributed by atoms with van der Waals surface area (Å²) in [7, 11) is 1.35. The largest absolute Gasteiger partial charge is 0.508 e. The molecular weight excluding hydrogens is 1390 g/mol. The number of nitrogens with one attached hydrogen (secondary N) is 14. The van der Waals surface area contributed by atoms with Crippen LogP contribution in [0.25, 0.3) is 21.5 Å². The Kier molecular flexibility index (Phi) is 30.7. The molecule has 8 atom stereocenters. The Bertz CT molecular complexity index is 4220. The van der Waals surface area contributed by atoms with Crippen LogP contribution in [0.2, 0.25) is 0 Å². The highest BCUT2D eigenvalue weighted by Crippen LogP contribution is 2.21. The summed E-state index contributed by atoms with van der Waals surface area (Å²) in [6.07, 6.45) is -0.345. The number of urea groups is 1. The molecule has 32 heteroatoms. The van der Waals surface area contributed by atoms with E-state index in [1.165, 1.54) is 31.3 Å². The summed E-state index contributed by atoms with van der Waals surface area (Å²) in [4.78, 5) is 182. The first-order chi connectivity index (χ1) is 51.8. The lowest BCUT2D eigenvalue weighted by Crippen LogP contribution is -2.58. The van der Waals surface area contributed by atoms with E-state index in [9.17, 15) is 72.5 Å². The van der Waals surface area contributed by atoms with Crippen LogP contribution in [0.15, 0.2) is 133 Å². The van der Waals surface area contributed by atoms with Crippen molar-refractivity contribution in [3.8, 4) is 11.5 Å². The van der Waals surface area contributed by atoms with Gasteiger partial charge in [-0.25, -0.2) is 4.79 Å². The van der Waals surface area contributed by atoms with E-state index in [1.807, 2.05) is 72.8 Å². The molecule has 0 spiro atoms. The minimum absolute atomic E-state index is 0.00736. The third-order valence-electron chi connectivity index (χ3n) is 18.4. The molecule has 574 valence electrons. The van der Waals surface area contributed by atoms with Gasteiger partial charge in [0.1, 0.15) is 59.8 Å². The Labute approximate surface area is 623 Å². The Hall–Kier alpha value is -12.4. The first kappa shape index (κ1) is 81.3. The maximum atomic E-state index is 14.7. The maximum Gasteiger partial charge on any atom is 0.312 e. The molecule has 0 bridgehead atoms. The quantitative estimate of drug-likeness (QED) is 0.0172. The highest BCUT2D eigenvalue weighted by atomic mass is 16.3. The van der Waals surface area contributed by atoms with Gasteiger partial charge in [-0.05, 0) is 126 Å². The number of rotatable bonds is 28. The first-order valence-electron chi connectivity index (χ1n) is 35.9. The van der Waals surface area contributed by atoms with Gasteiger partial charge in [-0.2, -0.15) is 0 Å². The summed E-state index contributed by atoms with van der Waals surface area (Å²) in [5.74, 6) is -9.10. The number of phenolic OH excluding ortho intramolecular Hbond substituents is 2. The van der Waals surface area contributed by atoms with E-state index in [0.717, 1.165) is 26.4 Å². The number of amides is 14. The van der Waals surface area contributed by atoms with Gasteiger partial charge < -0.3 is 95.7 Å². The standard InChI is InChI=1S/C76H95N17O15/c1-93-62(73(106)90-57(17-9-36-83-76(79)108)71(104)92-59(42-48-22-28-50-12-3-5-14-52(50)38-48)68(101)85-44-66(99)87-61(74(93)107)40-46-25-31-54(95)32-26-46)18-10-34-81-64(97)20-6-19-63(96)80-33-7-15-55-69(102)88-56(16-8-35-82-75(77)78)70(103)91-58(41-47-21-27-49-11-2-4-13-51(49)37-47)67(100)84-43-65(98)86-60(72(105)89-55)39-45-23-29-53(94)30-24-45/h2-5,11-14,21-32,37-38,55-62,94-95H,6-10,15-20,33-36,39-44H2,1H3,(H,80,96)(H,81,97)(H,84,100)(H,85,101)(H,86,98)(H,87,99)(H,88,102)(H,89,105)(H,90,106)(H,91,103)(H,92,104)(H4,77,78,82)(H3,79,83,108)/t55-,56-,57-,58-,59-,60+,61+,62+/m0/s1. The van der Waals surface area contributed by atoms with E-state index < -0.39 is 138 Å². The van der Waals surface area contributed by atoms with Gasteiger partial charge in [0, 0.05) is 71.8 Å². The molecule has 108 heavy (non-hydrogen) atoms. The molecule has 32 nitrogen and oxygen atoms in total. The topological polar surface area (TPSA) is 498 Å². The summed E-state index contributed by atoms with van der Waals surface area (Å²) in [5.41, 5.74) is 13.2. The van der Waals surface area contributed by atoms with Gasteiger partial charge >= 0.3 is 6.03 Å². The Morgan fingerprint density at radius 3 is 1.20 bits per heavy atom. The normalized spacial score (nSPS) is 20.2. The van der Waals surface area contributed by atoms with Crippen LogP contribution in [0.5, 0.6) is 11.5 Å². The lowest BCUT2D eigenvalue weighted by Gasteiger charge is -2.32. The fraction of sp³-hybridized carbons (Fsp3) is 0.395. The number of primary amides is 1. The zero-order valence-electron chi connectivity index (χ0n) is 60.0. The average molecular weight is 1490 g/mol. The lowest BCUT2D eigenvalue weighted by atomic mass is 10.00. The minimum Gasteiger partial charge on any atom is -0.508 e. The number of benzene rings is 6. The van der Waals surface area contributed by atoms with E-state index in [0.29, 0.717) is 22.3 Å². The number of guanidine groups is 1. The van der Waals surface area contributed by atoms with Crippen molar-refractivity contribution < 1.29 is 72.5 Å². The zero-order valence-corrected chi connectivity index (χ0v) is 60.0. The monoisotopic (exact) mass is 1490 g/mol. The van der Waals surface area contributed by atoms with E-state index in [2.05, 4.69) is 69.1 Å². The molecule has 0 aliphatic carbocycles. The van der Waals surface area contributed by atoms with Crippen LogP contribution in [0, 0.1) is 5.41 Å². The van der Waals surface area contributed by atoms with Crippen molar-refractivity contribution in [1.29, 1.82) is 5.41 Å².